The summed E-state index contributed by atoms with van der Waals surface area (Å²) in [5.74, 6) is 1.41. The maximum atomic E-state index is 5.83. The lowest BCUT2D eigenvalue weighted by Crippen LogP contribution is -2.32. The fraction of sp³-hybridized carbons (Fsp3) is 0.375. The minimum Gasteiger partial charge on any atom is -0.299 e. The summed E-state index contributed by atoms with van der Waals surface area (Å²) < 4.78 is 0. The van der Waals surface area contributed by atoms with Crippen molar-refractivity contribution >= 4 is 11.6 Å². The number of nitrogens with zero attached hydrogens (tertiary/aromatic N) is 3. The van der Waals surface area contributed by atoms with E-state index in [9.17, 15) is 0 Å². The lowest BCUT2D eigenvalue weighted by atomic mass is 9.95. The van der Waals surface area contributed by atoms with Gasteiger partial charge in [0.2, 0.25) is 0 Å². The van der Waals surface area contributed by atoms with Crippen molar-refractivity contribution < 1.29 is 0 Å². The highest BCUT2D eigenvalue weighted by Gasteiger charge is 2.22. The van der Waals surface area contributed by atoms with Crippen LogP contribution in [0.2, 0.25) is 5.02 Å². The quantitative estimate of drug-likeness (QED) is 0.865. The van der Waals surface area contributed by atoms with Crippen molar-refractivity contribution in [2.45, 2.75) is 25.3 Å². The van der Waals surface area contributed by atoms with E-state index in [1.54, 1.807) is 12.4 Å². The van der Waals surface area contributed by atoms with Crippen LogP contribution in [0.15, 0.2) is 42.7 Å². The van der Waals surface area contributed by atoms with Crippen molar-refractivity contribution in [1.82, 2.24) is 14.9 Å². The van der Waals surface area contributed by atoms with E-state index in [0.29, 0.717) is 10.9 Å². The summed E-state index contributed by atoms with van der Waals surface area (Å²) in [6.45, 7) is 3.24. The summed E-state index contributed by atoms with van der Waals surface area (Å²) in [4.78, 5) is 11.2. The first-order chi connectivity index (χ1) is 9.81. The first-order valence-corrected chi connectivity index (χ1v) is 7.43. The van der Waals surface area contributed by atoms with Gasteiger partial charge >= 0.3 is 0 Å². The Hall–Kier alpha value is -1.45. The summed E-state index contributed by atoms with van der Waals surface area (Å²) in [5, 5.41) is 0.607. The zero-order chi connectivity index (χ0) is 13.8. The van der Waals surface area contributed by atoms with Gasteiger partial charge in [-0.15, -0.1) is 0 Å². The van der Waals surface area contributed by atoms with E-state index in [-0.39, 0.29) is 0 Å². The number of rotatable bonds is 3. The number of benzene rings is 1. The molecule has 0 radical (unpaired) electrons. The van der Waals surface area contributed by atoms with E-state index in [2.05, 4.69) is 45.2 Å². The van der Waals surface area contributed by atoms with Crippen LogP contribution < -0.4 is 0 Å². The molecule has 4 heteroatoms. The largest absolute Gasteiger partial charge is 0.299 e. The maximum Gasteiger partial charge on any atom is 0.131 e. The van der Waals surface area contributed by atoms with Crippen LogP contribution in [0.4, 0.5) is 0 Å². The predicted molar refractivity (Wildman–Crippen MR) is 80.7 cm³/mol. The molecule has 0 spiro atoms. The van der Waals surface area contributed by atoms with Gasteiger partial charge in [0.05, 0.1) is 5.02 Å². The first kappa shape index (κ1) is 13.5. The summed E-state index contributed by atoms with van der Waals surface area (Å²) in [6.07, 6.45) is 5.63. The third-order valence-electron chi connectivity index (χ3n) is 3.84. The highest BCUT2D eigenvalue weighted by molar-refractivity contribution is 6.30. The maximum absolute atomic E-state index is 5.83. The van der Waals surface area contributed by atoms with Gasteiger partial charge in [-0.1, -0.05) is 41.9 Å². The molecule has 3 rings (SSSR count). The molecule has 1 aromatic carbocycles. The molecule has 0 unspecified atom stereocenters. The Kier molecular flexibility index (Phi) is 4.28. The molecule has 1 saturated heterocycles. The molecular formula is C16H18ClN3. The standard InChI is InChI=1S/C16H18ClN3/c17-15-10-18-16(19-11-15)14-6-8-20(9-7-14)12-13-4-2-1-3-5-13/h1-5,10-11,14H,6-9,12H2. The van der Waals surface area contributed by atoms with E-state index in [0.717, 1.165) is 38.3 Å². The van der Waals surface area contributed by atoms with E-state index in [1.165, 1.54) is 5.56 Å². The van der Waals surface area contributed by atoms with Crippen molar-refractivity contribution in [1.29, 1.82) is 0 Å². The van der Waals surface area contributed by atoms with Crippen LogP contribution in [0, 0.1) is 0 Å². The second-order valence-electron chi connectivity index (χ2n) is 5.30. The molecule has 1 aliphatic rings. The van der Waals surface area contributed by atoms with Crippen LogP contribution in [0.25, 0.3) is 0 Å². The smallest absolute Gasteiger partial charge is 0.131 e. The Labute approximate surface area is 124 Å². The van der Waals surface area contributed by atoms with Crippen molar-refractivity contribution in [2.24, 2.45) is 0 Å². The molecule has 0 aliphatic carbocycles. The Balaban J connectivity index is 1.55. The van der Waals surface area contributed by atoms with Gasteiger partial charge in [-0.05, 0) is 31.5 Å². The number of halogens is 1. The summed E-state index contributed by atoms with van der Waals surface area (Å²) >= 11 is 5.83. The van der Waals surface area contributed by atoms with E-state index < -0.39 is 0 Å². The number of hydrogen-bond acceptors (Lipinski definition) is 3. The normalized spacial score (nSPS) is 17.2. The SMILES string of the molecule is Clc1cnc(C2CCN(Cc3ccccc3)CC2)nc1. The predicted octanol–water partition coefficient (Wildman–Crippen LogP) is 3.51. The molecular weight excluding hydrogens is 270 g/mol. The monoisotopic (exact) mass is 287 g/mol. The lowest BCUT2D eigenvalue weighted by molar-refractivity contribution is 0.201. The minimum absolute atomic E-state index is 0.472. The molecule has 0 atom stereocenters. The topological polar surface area (TPSA) is 29.0 Å². The van der Waals surface area contributed by atoms with Crippen molar-refractivity contribution in [3.8, 4) is 0 Å². The Bertz CT molecular complexity index is 533. The second-order valence-corrected chi connectivity index (χ2v) is 5.73. The Morgan fingerprint density at radius 3 is 2.35 bits per heavy atom. The molecule has 2 aromatic rings. The molecule has 0 saturated carbocycles. The number of piperidine rings is 1. The van der Waals surface area contributed by atoms with E-state index >= 15 is 0 Å². The molecule has 0 bridgehead atoms. The molecule has 1 aliphatic heterocycles. The van der Waals surface area contributed by atoms with Gasteiger partial charge in [-0.25, -0.2) is 9.97 Å². The highest BCUT2D eigenvalue weighted by atomic mass is 35.5. The Morgan fingerprint density at radius 1 is 1.05 bits per heavy atom. The summed E-state index contributed by atoms with van der Waals surface area (Å²) in [7, 11) is 0. The Morgan fingerprint density at radius 2 is 1.70 bits per heavy atom. The van der Waals surface area contributed by atoms with Crippen LogP contribution in [0.5, 0.6) is 0 Å². The van der Waals surface area contributed by atoms with Gasteiger partial charge in [0.15, 0.2) is 0 Å². The summed E-state index contributed by atoms with van der Waals surface area (Å²) in [5.41, 5.74) is 1.38. The molecule has 0 N–H and O–H groups in total. The number of hydrogen-bond donors (Lipinski definition) is 0. The van der Waals surface area contributed by atoms with Crippen LogP contribution >= 0.6 is 11.6 Å². The van der Waals surface area contributed by atoms with Crippen LogP contribution in [-0.4, -0.2) is 28.0 Å². The molecule has 104 valence electrons. The highest BCUT2D eigenvalue weighted by Crippen LogP contribution is 2.26. The van der Waals surface area contributed by atoms with Crippen molar-refractivity contribution in [3.63, 3.8) is 0 Å². The van der Waals surface area contributed by atoms with Crippen molar-refractivity contribution in [2.75, 3.05) is 13.1 Å². The van der Waals surface area contributed by atoms with Gasteiger partial charge < -0.3 is 0 Å². The number of likely N-dealkylation sites (tertiary alicyclic amines) is 1. The van der Waals surface area contributed by atoms with Gasteiger partial charge in [0, 0.05) is 24.9 Å². The third-order valence-corrected chi connectivity index (χ3v) is 4.04. The second kappa shape index (κ2) is 6.33. The molecule has 1 aromatic heterocycles. The first-order valence-electron chi connectivity index (χ1n) is 7.05. The van der Waals surface area contributed by atoms with Gasteiger partial charge in [0.25, 0.3) is 0 Å². The average Bonchev–Trinajstić information content (AvgIpc) is 2.50. The van der Waals surface area contributed by atoms with Crippen LogP contribution in [0.3, 0.4) is 0 Å². The van der Waals surface area contributed by atoms with Gasteiger partial charge in [-0.3, -0.25) is 4.90 Å². The minimum atomic E-state index is 0.472. The third kappa shape index (κ3) is 3.35. The molecule has 0 amide bonds. The van der Waals surface area contributed by atoms with Crippen molar-refractivity contribution in [3.05, 3.63) is 59.1 Å². The molecule has 1 fully saturated rings. The number of aromatic nitrogens is 2. The van der Waals surface area contributed by atoms with Crippen LogP contribution in [0.1, 0.15) is 30.1 Å². The lowest BCUT2D eigenvalue weighted by Gasteiger charge is -2.31. The zero-order valence-corrected chi connectivity index (χ0v) is 12.1. The van der Waals surface area contributed by atoms with Gasteiger partial charge in [0.1, 0.15) is 5.82 Å². The summed E-state index contributed by atoms with van der Waals surface area (Å²) in [6, 6.07) is 10.6. The van der Waals surface area contributed by atoms with Gasteiger partial charge in [-0.2, -0.15) is 0 Å². The molecule has 2 heterocycles. The van der Waals surface area contributed by atoms with E-state index in [4.69, 9.17) is 11.6 Å². The fourth-order valence-corrected chi connectivity index (χ4v) is 2.82. The average molecular weight is 288 g/mol. The van der Waals surface area contributed by atoms with E-state index in [1.807, 2.05) is 0 Å². The molecule has 3 nitrogen and oxygen atoms in total. The fourth-order valence-electron chi connectivity index (χ4n) is 2.72. The zero-order valence-electron chi connectivity index (χ0n) is 11.4. The van der Waals surface area contributed by atoms with Crippen LogP contribution in [-0.2, 0) is 6.54 Å². The molecule has 20 heavy (non-hydrogen) atoms.